The van der Waals surface area contributed by atoms with E-state index in [2.05, 4.69) is 20.4 Å². The maximum absolute atomic E-state index is 14.2. The van der Waals surface area contributed by atoms with Gasteiger partial charge in [0.1, 0.15) is 10.8 Å². The van der Waals surface area contributed by atoms with Crippen molar-refractivity contribution >= 4 is 22.4 Å². The van der Waals surface area contributed by atoms with E-state index in [1.54, 1.807) is 20.2 Å². The fraction of sp³-hybridized carbons (Fsp3) is 0.400. The number of piperazine rings is 1. The summed E-state index contributed by atoms with van der Waals surface area (Å²) in [5, 5.41) is 13.1. The van der Waals surface area contributed by atoms with E-state index >= 15 is 0 Å². The largest absolute Gasteiger partial charge is 0.345 e. The van der Waals surface area contributed by atoms with Gasteiger partial charge in [-0.1, -0.05) is 17.4 Å². The normalized spacial score (nSPS) is 14.8. The average molecular weight is 335 g/mol. The first-order valence-corrected chi connectivity index (χ1v) is 8.18. The Morgan fingerprint density at radius 2 is 2.04 bits per heavy atom. The Hall–Kier alpha value is -2.06. The highest BCUT2D eigenvalue weighted by Crippen LogP contribution is 2.30. The summed E-state index contributed by atoms with van der Waals surface area (Å²) in [6.45, 7) is 3.62. The zero-order chi connectivity index (χ0) is 16.4. The zero-order valence-electron chi connectivity index (χ0n) is 13.0. The molecule has 1 aromatic heterocycles. The van der Waals surface area contributed by atoms with Crippen LogP contribution < -0.4 is 10.2 Å². The molecule has 0 unspecified atom stereocenters. The summed E-state index contributed by atoms with van der Waals surface area (Å²) >= 11 is 1.44. The summed E-state index contributed by atoms with van der Waals surface area (Å²) in [7, 11) is 3.19. The Balaban J connectivity index is 1.83. The van der Waals surface area contributed by atoms with Crippen LogP contribution in [-0.4, -0.2) is 61.3 Å². The second-order valence-corrected chi connectivity index (χ2v) is 6.48. The van der Waals surface area contributed by atoms with Crippen molar-refractivity contribution in [3.8, 4) is 10.6 Å². The van der Waals surface area contributed by atoms with Crippen molar-refractivity contribution in [2.24, 2.45) is 0 Å². The summed E-state index contributed by atoms with van der Waals surface area (Å²) < 4.78 is 14.2. The topological polar surface area (TPSA) is 61.4 Å². The van der Waals surface area contributed by atoms with Gasteiger partial charge in [0, 0.05) is 45.8 Å². The minimum atomic E-state index is -0.542. The van der Waals surface area contributed by atoms with E-state index in [0.717, 1.165) is 31.3 Å². The molecule has 1 saturated heterocycles. The molecule has 0 atom stereocenters. The molecule has 0 saturated carbocycles. The molecule has 3 rings (SSSR count). The van der Waals surface area contributed by atoms with E-state index in [0.29, 0.717) is 10.6 Å². The predicted molar refractivity (Wildman–Crippen MR) is 88.4 cm³/mol. The molecule has 6 nitrogen and oxygen atoms in total. The molecular weight excluding hydrogens is 317 g/mol. The van der Waals surface area contributed by atoms with Gasteiger partial charge in [-0.05, 0) is 12.1 Å². The number of amides is 1. The minimum Gasteiger partial charge on any atom is -0.345 e. The molecule has 23 heavy (non-hydrogen) atoms. The highest BCUT2D eigenvalue weighted by Gasteiger charge is 2.18. The molecule has 0 aliphatic carbocycles. The number of hydrogen-bond acceptors (Lipinski definition) is 6. The van der Waals surface area contributed by atoms with Crippen molar-refractivity contribution in [3.63, 3.8) is 0 Å². The maximum Gasteiger partial charge on any atom is 0.256 e. The van der Waals surface area contributed by atoms with Gasteiger partial charge in [-0.25, -0.2) is 4.39 Å². The molecular formula is C15H18FN5OS. The number of benzene rings is 1. The van der Waals surface area contributed by atoms with Gasteiger partial charge < -0.3 is 15.1 Å². The lowest BCUT2D eigenvalue weighted by Crippen LogP contribution is -2.43. The Bertz CT molecular complexity index is 712. The van der Waals surface area contributed by atoms with Crippen LogP contribution in [0, 0.1) is 5.82 Å². The summed E-state index contributed by atoms with van der Waals surface area (Å²) in [6, 6.07) is 4.56. The van der Waals surface area contributed by atoms with Crippen molar-refractivity contribution in [3.05, 3.63) is 29.6 Å². The fourth-order valence-corrected chi connectivity index (χ4v) is 3.27. The highest BCUT2D eigenvalue weighted by atomic mass is 32.1. The number of anilines is 1. The molecule has 1 N–H and O–H groups in total. The SMILES string of the molecule is CN(C)C(=O)c1ccc(-c2nnc(N3CCNCC3)s2)cc1F. The van der Waals surface area contributed by atoms with Crippen LogP contribution in [0.2, 0.25) is 0 Å². The van der Waals surface area contributed by atoms with Gasteiger partial charge in [-0.2, -0.15) is 0 Å². The van der Waals surface area contributed by atoms with Crippen molar-refractivity contribution in [2.75, 3.05) is 45.2 Å². The summed E-state index contributed by atoms with van der Waals surface area (Å²) in [4.78, 5) is 15.4. The fourth-order valence-electron chi connectivity index (χ4n) is 2.38. The highest BCUT2D eigenvalue weighted by molar-refractivity contribution is 7.18. The van der Waals surface area contributed by atoms with Crippen LogP contribution in [0.3, 0.4) is 0 Å². The van der Waals surface area contributed by atoms with Crippen molar-refractivity contribution in [1.82, 2.24) is 20.4 Å². The molecule has 8 heteroatoms. The van der Waals surface area contributed by atoms with Gasteiger partial charge in [-0.15, -0.1) is 10.2 Å². The van der Waals surface area contributed by atoms with Gasteiger partial charge in [0.25, 0.3) is 5.91 Å². The molecule has 1 aromatic carbocycles. The summed E-state index contributed by atoms with van der Waals surface area (Å²) in [5.74, 6) is -0.895. The quantitative estimate of drug-likeness (QED) is 0.920. The third-order valence-corrected chi connectivity index (χ3v) is 4.69. The van der Waals surface area contributed by atoms with Gasteiger partial charge >= 0.3 is 0 Å². The van der Waals surface area contributed by atoms with Crippen molar-refractivity contribution in [2.45, 2.75) is 0 Å². The Kier molecular flexibility index (Phi) is 4.53. The molecule has 1 amide bonds. The number of nitrogens with zero attached hydrogens (tertiary/aromatic N) is 4. The van der Waals surface area contributed by atoms with Crippen molar-refractivity contribution < 1.29 is 9.18 Å². The lowest BCUT2D eigenvalue weighted by molar-refractivity contribution is 0.0823. The van der Waals surface area contributed by atoms with E-state index in [-0.39, 0.29) is 11.5 Å². The third kappa shape index (κ3) is 3.32. The number of rotatable bonds is 3. The summed E-state index contributed by atoms with van der Waals surface area (Å²) in [5.41, 5.74) is 0.697. The predicted octanol–water partition coefficient (Wildman–Crippen LogP) is 1.46. The Labute approximate surface area is 137 Å². The molecule has 2 aromatic rings. The summed E-state index contributed by atoms with van der Waals surface area (Å²) in [6.07, 6.45) is 0. The second kappa shape index (κ2) is 6.59. The van der Waals surface area contributed by atoms with Crippen LogP contribution in [0.1, 0.15) is 10.4 Å². The monoisotopic (exact) mass is 335 g/mol. The van der Waals surface area contributed by atoms with E-state index in [1.165, 1.54) is 28.4 Å². The number of aromatic nitrogens is 2. The standard InChI is InChI=1S/C15H18FN5OS/c1-20(2)14(22)11-4-3-10(9-12(11)16)13-18-19-15(23-13)21-7-5-17-6-8-21/h3-4,9,17H,5-8H2,1-2H3. The van der Waals surface area contributed by atoms with Gasteiger partial charge in [-0.3, -0.25) is 4.79 Å². The van der Waals surface area contributed by atoms with E-state index < -0.39 is 5.82 Å². The first kappa shape index (κ1) is 15.8. The molecule has 0 spiro atoms. The number of nitrogens with one attached hydrogen (secondary N) is 1. The lowest BCUT2D eigenvalue weighted by atomic mass is 10.1. The van der Waals surface area contributed by atoms with Crippen LogP contribution in [-0.2, 0) is 0 Å². The Morgan fingerprint density at radius 1 is 1.30 bits per heavy atom. The molecule has 1 aliphatic rings. The molecule has 0 radical (unpaired) electrons. The van der Waals surface area contributed by atoms with Gasteiger partial charge in [0.2, 0.25) is 5.13 Å². The van der Waals surface area contributed by atoms with E-state index in [9.17, 15) is 9.18 Å². The third-order valence-electron chi connectivity index (χ3n) is 3.65. The first-order valence-electron chi connectivity index (χ1n) is 7.37. The molecule has 1 fully saturated rings. The van der Waals surface area contributed by atoms with Crippen LogP contribution >= 0.6 is 11.3 Å². The van der Waals surface area contributed by atoms with E-state index in [4.69, 9.17) is 0 Å². The zero-order valence-corrected chi connectivity index (χ0v) is 13.9. The average Bonchev–Trinajstić information content (AvgIpc) is 3.05. The first-order chi connectivity index (χ1) is 11.1. The molecule has 1 aliphatic heterocycles. The van der Waals surface area contributed by atoms with Crippen LogP contribution in [0.25, 0.3) is 10.6 Å². The van der Waals surface area contributed by atoms with Crippen LogP contribution in [0.15, 0.2) is 18.2 Å². The van der Waals surface area contributed by atoms with Crippen LogP contribution in [0.4, 0.5) is 9.52 Å². The van der Waals surface area contributed by atoms with Crippen LogP contribution in [0.5, 0.6) is 0 Å². The van der Waals surface area contributed by atoms with Crippen molar-refractivity contribution in [1.29, 1.82) is 0 Å². The number of hydrogen-bond donors (Lipinski definition) is 1. The van der Waals surface area contributed by atoms with Gasteiger partial charge in [0.05, 0.1) is 5.56 Å². The lowest BCUT2D eigenvalue weighted by Gasteiger charge is -2.26. The molecule has 2 heterocycles. The minimum absolute atomic E-state index is 0.0607. The Morgan fingerprint density at radius 3 is 2.70 bits per heavy atom. The van der Waals surface area contributed by atoms with E-state index in [1.807, 2.05) is 0 Å². The number of halogens is 1. The molecule has 122 valence electrons. The second-order valence-electron chi connectivity index (χ2n) is 5.52. The molecule has 0 bridgehead atoms. The smallest absolute Gasteiger partial charge is 0.256 e. The van der Waals surface area contributed by atoms with Gasteiger partial charge in [0.15, 0.2) is 0 Å². The number of carbonyl (C=O) groups is 1. The number of carbonyl (C=O) groups excluding carboxylic acids is 1. The maximum atomic E-state index is 14.2.